The van der Waals surface area contributed by atoms with Crippen molar-refractivity contribution in [2.45, 2.75) is 31.7 Å². The van der Waals surface area contributed by atoms with E-state index in [9.17, 15) is 5.11 Å². The Hall–Kier alpha value is -1.96. The summed E-state index contributed by atoms with van der Waals surface area (Å²) in [5.74, 6) is 0.483. The largest absolute Gasteiger partial charge is 0.394 e. The second-order valence-corrected chi connectivity index (χ2v) is 8.22. The number of rotatable bonds is 6. The van der Waals surface area contributed by atoms with Crippen LogP contribution in [-0.4, -0.2) is 44.8 Å². The van der Waals surface area contributed by atoms with Crippen LogP contribution in [-0.2, 0) is 13.0 Å². The molecule has 0 amide bonds. The van der Waals surface area contributed by atoms with Crippen LogP contribution in [0.5, 0.6) is 0 Å². The maximum Gasteiger partial charge on any atom is 0.208 e. The Bertz CT molecular complexity index is 870. The van der Waals surface area contributed by atoms with Crippen molar-refractivity contribution in [3.05, 3.63) is 57.8 Å². The Morgan fingerprint density at radius 1 is 1.11 bits per heavy atom. The van der Waals surface area contributed by atoms with E-state index in [0.717, 1.165) is 47.5 Å². The van der Waals surface area contributed by atoms with Gasteiger partial charge in [0.2, 0.25) is 5.13 Å². The highest BCUT2D eigenvalue weighted by molar-refractivity contribution is 7.15. The highest BCUT2D eigenvalue weighted by Gasteiger charge is 2.25. The fraction of sp³-hybridized carbons (Fsp3) is 0.421. The number of piperidine rings is 1. The van der Waals surface area contributed by atoms with Crippen LogP contribution in [0.15, 0.2) is 36.5 Å². The van der Waals surface area contributed by atoms with E-state index >= 15 is 0 Å². The van der Waals surface area contributed by atoms with Crippen LogP contribution in [0.1, 0.15) is 35.0 Å². The Morgan fingerprint density at radius 2 is 1.89 bits per heavy atom. The Morgan fingerprint density at radius 3 is 2.63 bits per heavy atom. The fourth-order valence-electron chi connectivity index (χ4n) is 3.56. The monoisotopic (exact) mass is 403 g/mol. The Kier molecular flexibility index (Phi) is 5.71. The molecule has 142 valence electrons. The third-order valence-corrected chi connectivity index (χ3v) is 6.21. The van der Waals surface area contributed by atoms with Gasteiger partial charge in [0.1, 0.15) is 5.01 Å². The summed E-state index contributed by atoms with van der Waals surface area (Å²) in [6.07, 6.45) is 4.73. The normalized spacial score (nSPS) is 15.4. The second kappa shape index (κ2) is 8.37. The smallest absolute Gasteiger partial charge is 0.208 e. The van der Waals surface area contributed by atoms with Gasteiger partial charge in [0, 0.05) is 42.3 Å². The van der Waals surface area contributed by atoms with Gasteiger partial charge in [-0.1, -0.05) is 35.1 Å². The number of aliphatic hydroxyl groups excluding tert-OH is 1. The van der Waals surface area contributed by atoms with E-state index in [0.29, 0.717) is 12.5 Å². The first-order valence-corrected chi connectivity index (χ1v) is 10.4. The molecule has 0 aliphatic carbocycles. The zero-order valence-corrected chi connectivity index (χ0v) is 16.5. The summed E-state index contributed by atoms with van der Waals surface area (Å²) < 4.78 is 1.93. The molecular formula is C19H22ClN5OS. The molecule has 0 radical (unpaired) electrons. The first kappa shape index (κ1) is 18.4. The lowest BCUT2D eigenvalue weighted by Crippen LogP contribution is -2.33. The number of nitrogens with zero attached hydrogens (tertiary/aromatic N) is 5. The average molecular weight is 404 g/mol. The number of hydrogen-bond donors (Lipinski definition) is 1. The molecule has 3 heterocycles. The molecule has 0 unspecified atom stereocenters. The maximum atomic E-state index is 9.18. The zero-order valence-electron chi connectivity index (χ0n) is 15.0. The van der Waals surface area contributed by atoms with Gasteiger partial charge in [-0.2, -0.15) is 5.10 Å². The van der Waals surface area contributed by atoms with Gasteiger partial charge < -0.3 is 10.0 Å². The molecule has 1 aliphatic rings. The fourth-order valence-corrected chi connectivity index (χ4v) is 4.61. The van der Waals surface area contributed by atoms with E-state index in [1.165, 1.54) is 11.3 Å². The molecule has 1 saturated heterocycles. The van der Waals surface area contributed by atoms with Gasteiger partial charge in [0.15, 0.2) is 0 Å². The van der Waals surface area contributed by atoms with Crippen LogP contribution >= 0.6 is 22.9 Å². The minimum absolute atomic E-state index is 0.120. The van der Waals surface area contributed by atoms with Gasteiger partial charge in [-0.05, 0) is 36.6 Å². The molecule has 1 aromatic carbocycles. The number of halogens is 1. The third kappa shape index (κ3) is 4.31. The van der Waals surface area contributed by atoms with Gasteiger partial charge in [0.05, 0.1) is 13.2 Å². The van der Waals surface area contributed by atoms with E-state index in [2.05, 4.69) is 26.3 Å². The topological polar surface area (TPSA) is 67.1 Å². The van der Waals surface area contributed by atoms with E-state index in [4.69, 9.17) is 11.6 Å². The van der Waals surface area contributed by atoms with Crippen molar-refractivity contribution >= 4 is 28.1 Å². The summed E-state index contributed by atoms with van der Waals surface area (Å²) in [4.78, 5) is 2.33. The van der Waals surface area contributed by atoms with Crippen molar-refractivity contribution in [3.8, 4) is 0 Å². The van der Waals surface area contributed by atoms with Crippen LogP contribution < -0.4 is 4.90 Å². The van der Waals surface area contributed by atoms with Crippen molar-refractivity contribution in [1.29, 1.82) is 0 Å². The van der Waals surface area contributed by atoms with Crippen LogP contribution in [0.3, 0.4) is 0 Å². The van der Waals surface area contributed by atoms with Gasteiger partial charge in [-0.25, -0.2) is 0 Å². The molecule has 1 fully saturated rings. The summed E-state index contributed by atoms with van der Waals surface area (Å²) in [6.45, 7) is 2.61. The average Bonchev–Trinajstić information content (AvgIpc) is 3.34. The molecule has 0 bridgehead atoms. The lowest BCUT2D eigenvalue weighted by Gasteiger charge is -2.31. The van der Waals surface area contributed by atoms with Crippen molar-refractivity contribution < 1.29 is 5.11 Å². The number of anilines is 1. The molecule has 0 spiro atoms. The standard InChI is InChI=1S/C19H22ClN5OS/c20-16-3-1-14(2-4-16)13-18-22-23-19(27-18)24-9-6-15(7-10-24)17-5-8-21-25(17)11-12-26/h1-5,8,15,26H,6-7,9-13H2. The number of aliphatic hydroxyl groups is 1. The summed E-state index contributed by atoms with van der Waals surface area (Å²) in [5.41, 5.74) is 2.42. The summed E-state index contributed by atoms with van der Waals surface area (Å²) >= 11 is 7.62. The van der Waals surface area contributed by atoms with Crippen LogP contribution in [0, 0.1) is 0 Å². The molecule has 1 N–H and O–H groups in total. The van der Waals surface area contributed by atoms with Crippen LogP contribution in [0.25, 0.3) is 0 Å². The number of hydrogen-bond acceptors (Lipinski definition) is 6. The van der Waals surface area contributed by atoms with Crippen molar-refractivity contribution in [2.75, 3.05) is 24.6 Å². The highest BCUT2D eigenvalue weighted by Crippen LogP contribution is 2.32. The first-order valence-electron chi connectivity index (χ1n) is 9.17. The highest BCUT2D eigenvalue weighted by atomic mass is 35.5. The van der Waals surface area contributed by atoms with E-state index in [-0.39, 0.29) is 6.61 Å². The van der Waals surface area contributed by atoms with Crippen LogP contribution in [0.2, 0.25) is 5.02 Å². The molecule has 6 nitrogen and oxygen atoms in total. The summed E-state index contributed by atoms with van der Waals surface area (Å²) in [7, 11) is 0. The van der Waals surface area contributed by atoms with Gasteiger partial charge >= 0.3 is 0 Å². The SMILES string of the molecule is OCCn1nccc1C1CCN(c2nnc(Cc3ccc(Cl)cc3)s2)CC1. The molecule has 27 heavy (non-hydrogen) atoms. The molecule has 0 atom stereocenters. The quantitative estimate of drug-likeness (QED) is 0.683. The molecule has 8 heteroatoms. The summed E-state index contributed by atoms with van der Waals surface area (Å²) in [6, 6.07) is 9.95. The number of aromatic nitrogens is 4. The third-order valence-electron chi connectivity index (χ3n) is 4.97. The molecule has 1 aliphatic heterocycles. The predicted octanol–water partition coefficient (Wildman–Crippen LogP) is 3.36. The molecule has 0 saturated carbocycles. The first-order chi connectivity index (χ1) is 13.2. The number of benzene rings is 1. The van der Waals surface area contributed by atoms with Crippen molar-refractivity contribution in [3.63, 3.8) is 0 Å². The lowest BCUT2D eigenvalue weighted by atomic mass is 9.93. The Balaban J connectivity index is 1.36. The summed E-state index contributed by atoms with van der Waals surface area (Å²) in [5, 5.41) is 25.1. The lowest BCUT2D eigenvalue weighted by molar-refractivity contribution is 0.265. The molecule has 2 aromatic heterocycles. The molecule has 3 aromatic rings. The predicted molar refractivity (Wildman–Crippen MR) is 108 cm³/mol. The maximum absolute atomic E-state index is 9.18. The van der Waals surface area contributed by atoms with E-state index < -0.39 is 0 Å². The van der Waals surface area contributed by atoms with Crippen LogP contribution in [0.4, 0.5) is 5.13 Å². The Labute approximate surface area is 167 Å². The van der Waals surface area contributed by atoms with Gasteiger partial charge in [-0.3, -0.25) is 4.68 Å². The molecule has 4 rings (SSSR count). The van der Waals surface area contributed by atoms with Gasteiger partial charge in [0.25, 0.3) is 0 Å². The van der Waals surface area contributed by atoms with Crippen molar-refractivity contribution in [2.24, 2.45) is 0 Å². The van der Waals surface area contributed by atoms with Crippen molar-refractivity contribution in [1.82, 2.24) is 20.0 Å². The zero-order chi connectivity index (χ0) is 18.6. The van der Waals surface area contributed by atoms with E-state index in [1.807, 2.05) is 35.1 Å². The van der Waals surface area contributed by atoms with Gasteiger partial charge in [-0.15, -0.1) is 10.2 Å². The minimum Gasteiger partial charge on any atom is -0.394 e. The second-order valence-electron chi connectivity index (χ2n) is 6.75. The minimum atomic E-state index is 0.120. The van der Waals surface area contributed by atoms with E-state index in [1.54, 1.807) is 11.3 Å². The molecular weight excluding hydrogens is 382 g/mol.